The average molecular weight is 207 g/mol. The summed E-state index contributed by atoms with van der Waals surface area (Å²) in [5.41, 5.74) is 5.38. The molecule has 0 heterocycles. The fourth-order valence-electron chi connectivity index (χ4n) is 1.11. The first kappa shape index (κ1) is 13.2. The summed E-state index contributed by atoms with van der Waals surface area (Å²) in [6, 6.07) is 0. The Morgan fingerprint density at radius 1 is 1.62 bits per heavy atom. The lowest BCUT2D eigenvalue weighted by molar-refractivity contribution is 0.200. The number of rotatable bonds is 7. The molecule has 0 aliphatic rings. The largest absolute Gasteiger partial charge is 0.394 e. The predicted octanol–water partition coefficient (Wildman–Crippen LogP) is 0.854. The van der Waals surface area contributed by atoms with E-state index in [1.165, 1.54) is 0 Å². The molecule has 80 valence electrons. The Bertz CT molecular complexity index is 131. The molecule has 2 atom stereocenters. The lowest BCUT2D eigenvalue weighted by Gasteiger charge is -2.25. The molecule has 0 rings (SSSR count). The van der Waals surface area contributed by atoms with Crippen LogP contribution in [0.1, 0.15) is 20.3 Å². The zero-order valence-corrected chi connectivity index (χ0v) is 9.56. The molecule has 0 aliphatic carbocycles. The minimum absolute atomic E-state index is 0.0438. The summed E-state index contributed by atoms with van der Waals surface area (Å²) in [5.74, 6) is 0.985. The van der Waals surface area contributed by atoms with Crippen molar-refractivity contribution in [3.8, 4) is 0 Å². The number of aliphatic hydroxyl groups excluding tert-OH is 1. The van der Waals surface area contributed by atoms with Crippen molar-refractivity contribution in [2.45, 2.75) is 31.1 Å². The number of hydrogen-bond donors (Lipinski definition) is 2. The van der Waals surface area contributed by atoms with Crippen molar-refractivity contribution in [2.24, 2.45) is 5.73 Å². The zero-order valence-electron chi connectivity index (χ0n) is 8.75. The van der Waals surface area contributed by atoms with E-state index in [0.717, 1.165) is 18.8 Å². The second kappa shape index (κ2) is 6.65. The molecule has 0 fully saturated rings. The van der Waals surface area contributed by atoms with Crippen LogP contribution < -0.4 is 5.73 Å². The van der Waals surface area contributed by atoms with E-state index in [1.807, 2.05) is 18.7 Å². The molecule has 0 radical (unpaired) electrons. The molecule has 0 aliphatic heterocycles. The third kappa shape index (κ3) is 7.31. The Labute approximate surface area is 85.0 Å². The van der Waals surface area contributed by atoms with Crippen molar-refractivity contribution in [1.82, 2.24) is 0 Å². The minimum atomic E-state index is -0.445. The van der Waals surface area contributed by atoms with Gasteiger partial charge in [-0.25, -0.2) is 0 Å². The quantitative estimate of drug-likeness (QED) is 0.608. The van der Waals surface area contributed by atoms with Crippen LogP contribution in [0.2, 0.25) is 0 Å². The van der Waals surface area contributed by atoms with Gasteiger partial charge >= 0.3 is 0 Å². The molecule has 4 heteroatoms. The highest BCUT2D eigenvalue weighted by Gasteiger charge is 2.20. The SMILES string of the molecule is COCCSC(C)CC(C)(N)CO. The monoisotopic (exact) mass is 207 g/mol. The van der Waals surface area contributed by atoms with Crippen LogP contribution in [0.3, 0.4) is 0 Å². The third-order valence-electron chi connectivity index (χ3n) is 1.80. The van der Waals surface area contributed by atoms with Crippen molar-refractivity contribution >= 4 is 11.8 Å². The molecule has 0 aromatic heterocycles. The predicted molar refractivity (Wildman–Crippen MR) is 58.1 cm³/mol. The molecule has 3 nitrogen and oxygen atoms in total. The van der Waals surface area contributed by atoms with Crippen molar-refractivity contribution in [3.63, 3.8) is 0 Å². The third-order valence-corrected chi connectivity index (χ3v) is 2.94. The van der Waals surface area contributed by atoms with E-state index in [0.29, 0.717) is 5.25 Å². The van der Waals surface area contributed by atoms with E-state index in [2.05, 4.69) is 6.92 Å². The van der Waals surface area contributed by atoms with Crippen LogP contribution in [-0.4, -0.2) is 42.0 Å². The fourth-order valence-corrected chi connectivity index (χ4v) is 2.28. The Kier molecular flexibility index (Phi) is 6.77. The van der Waals surface area contributed by atoms with E-state index >= 15 is 0 Å². The van der Waals surface area contributed by atoms with E-state index in [-0.39, 0.29) is 6.61 Å². The van der Waals surface area contributed by atoms with Gasteiger partial charge in [-0.05, 0) is 13.3 Å². The molecule has 0 spiro atoms. The van der Waals surface area contributed by atoms with Crippen LogP contribution in [0.25, 0.3) is 0 Å². The van der Waals surface area contributed by atoms with Gasteiger partial charge in [-0.3, -0.25) is 0 Å². The summed E-state index contributed by atoms with van der Waals surface area (Å²) >= 11 is 1.83. The summed E-state index contributed by atoms with van der Waals surface area (Å²) < 4.78 is 4.95. The molecule has 2 unspecified atom stereocenters. The zero-order chi connectivity index (χ0) is 10.3. The first-order valence-electron chi connectivity index (χ1n) is 4.52. The average Bonchev–Trinajstić information content (AvgIpc) is 2.04. The number of aliphatic hydroxyl groups is 1. The van der Waals surface area contributed by atoms with E-state index in [9.17, 15) is 0 Å². The Balaban J connectivity index is 3.55. The Morgan fingerprint density at radius 2 is 2.23 bits per heavy atom. The second-order valence-corrected chi connectivity index (χ2v) is 5.24. The number of ether oxygens (including phenoxy) is 1. The van der Waals surface area contributed by atoms with E-state index < -0.39 is 5.54 Å². The van der Waals surface area contributed by atoms with Crippen molar-refractivity contribution < 1.29 is 9.84 Å². The first-order chi connectivity index (χ1) is 6.02. The topological polar surface area (TPSA) is 55.5 Å². The molecular formula is C9H21NO2S. The molecule has 0 saturated carbocycles. The number of methoxy groups -OCH3 is 1. The van der Waals surface area contributed by atoms with Crippen LogP contribution >= 0.6 is 11.8 Å². The van der Waals surface area contributed by atoms with Crippen LogP contribution in [0.15, 0.2) is 0 Å². The summed E-state index contributed by atoms with van der Waals surface area (Å²) in [7, 11) is 1.70. The first-order valence-corrected chi connectivity index (χ1v) is 5.57. The van der Waals surface area contributed by atoms with E-state index in [4.69, 9.17) is 15.6 Å². The molecule has 0 amide bonds. The maximum Gasteiger partial charge on any atom is 0.0608 e. The molecule has 0 saturated heterocycles. The lowest BCUT2D eigenvalue weighted by Crippen LogP contribution is -2.42. The highest BCUT2D eigenvalue weighted by molar-refractivity contribution is 7.99. The van der Waals surface area contributed by atoms with Gasteiger partial charge in [0.2, 0.25) is 0 Å². The van der Waals surface area contributed by atoms with Gasteiger partial charge in [-0.15, -0.1) is 0 Å². The minimum Gasteiger partial charge on any atom is -0.394 e. The maximum atomic E-state index is 8.96. The van der Waals surface area contributed by atoms with Crippen LogP contribution in [0, 0.1) is 0 Å². The second-order valence-electron chi connectivity index (χ2n) is 3.69. The smallest absolute Gasteiger partial charge is 0.0608 e. The van der Waals surface area contributed by atoms with Crippen molar-refractivity contribution in [3.05, 3.63) is 0 Å². The van der Waals surface area contributed by atoms with Crippen LogP contribution in [-0.2, 0) is 4.74 Å². The van der Waals surface area contributed by atoms with Gasteiger partial charge in [0.1, 0.15) is 0 Å². The van der Waals surface area contributed by atoms with Gasteiger partial charge in [-0.1, -0.05) is 6.92 Å². The Morgan fingerprint density at radius 3 is 2.69 bits per heavy atom. The van der Waals surface area contributed by atoms with Crippen molar-refractivity contribution in [1.29, 1.82) is 0 Å². The van der Waals surface area contributed by atoms with Crippen molar-refractivity contribution in [2.75, 3.05) is 26.1 Å². The number of hydrogen-bond acceptors (Lipinski definition) is 4. The highest BCUT2D eigenvalue weighted by atomic mass is 32.2. The van der Waals surface area contributed by atoms with Gasteiger partial charge < -0.3 is 15.6 Å². The fraction of sp³-hybridized carbons (Fsp3) is 1.00. The maximum absolute atomic E-state index is 8.96. The van der Waals surface area contributed by atoms with Gasteiger partial charge in [-0.2, -0.15) is 11.8 Å². The molecular weight excluding hydrogens is 186 g/mol. The summed E-state index contributed by atoms with van der Waals surface area (Å²) in [4.78, 5) is 0. The number of thioether (sulfide) groups is 1. The standard InChI is InChI=1S/C9H21NO2S/c1-8(13-5-4-12-3)6-9(2,10)7-11/h8,11H,4-7,10H2,1-3H3. The van der Waals surface area contributed by atoms with E-state index in [1.54, 1.807) is 7.11 Å². The molecule has 13 heavy (non-hydrogen) atoms. The number of nitrogens with two attached hydrogens (primary N) is 1. The van der Waals surface area contributed by atoms with Gasteiger partial charge in [0.15, 0.2) is 0 Å². The van der Waals surface area contributed by atoms with Crippen LogP contribution in [0.5, 0.6) is 0 Å². The summed E-state index contributed by atoms with van der Waals surface area (Å²) in [6.07, 6.45) is 0.831. The van der Waals surface area contributed by atoms with Gasteiger partial charge in [0.05, 0.1) is 13.2 Å². The molecule has 3 N–H and O–H groups in total. The molecule has 0 aromatic carbocycles. The summed E-state index contributed by atoms with van der Waals surface area (Å²) in [5, 5.41) is 9.43. The summed E-state index contributed by atoms with van der Waals surface area (Å²) in [6.45, 7) is 4.82. The van der Waals surface area contributed by atoms with Gasteiger partial charge in [0, 0.05) is 23.7 Å². The normalized spacial score (nSPS) is 18.2. The van der Waals surface area contributed by atoms with Crippen LogP contribution in [0.4, 0.5) is 0 Å². The lowest BCUT2D eigenvalue weighted by atomic mass is 9.99. The highest BCUT2D eigenvalue weighted by Crippen LogP contribution is 2.19. The molecule has 0 aromatic rings. The molecule has 0 bridgehead atoms. The van der Waals surface area contributed by atoms with Gasteiger partial charge in [0.25, 0.3) is 0 Å². The Hall–Kier alpha value is 0.230.